The lowest BCUT2D eigenvalue weighted by molar-refractivity contribution is -0.0765. The van der Waals surface area contributed by atoms with Crippen LogP contribution in [0.5, 0.6) is 0 Å². The van der Waals surface area contributed by atoms with Crippen molar-refractivity contribution in [3.8, 4) is 0 Å². The third-order valence-electron chi connectivity index (χ3n) is 2.42. The molecule has 0 aromatic carbocycles. The second-order valence-electron chi connectivity index (χ2n) is 3.43. The normalized spacial score (nSPS) is 36.9. The summed E-state index contributed by atoms with van der Waals surface area (Å²) in [5.41, 5.74) is 1.09. The Kier molecular flexibility index (Phi) is 1.62. The average molecular weight is 154 g/mol. The fraction of sp³-hybridized carbons (Fsp3) is 0.750. The van der Waals surface area contributed by atoms with Crippen LogP contribution < -0.4 is 5.32 Å². The van der Waals surface area contributed by atoms with E-state index in [-0.39, 0.29) is 0 Å². The summed E-state index contributed by atoms with van der Waals surface area (Å²) in [4.78, 5) is 0. The molecule has 3 heteroatoms. The van der Waals surface area contributed by atoms with E-state index in [9.17, 15) is 5.21 Å². The van der Waals surface area contributed by atoms with Crippen molar-refractivity contribution in [3.05, 3.63) is 11.8 Å². The molecule has 0 radical (unpaired) electrons. The maximum absolute atomic E-state index is 9.38. The van der Waals surface area contributed by atoms with E-state index in [1.54, 1.807) is 0 Å². The first kappa shape index (κ1) is 7.13. The van der Waals surface area contributed by atoms with E-state index >= 15 is 0 Å². The smallest absolute Gasteiger partial charge is 0.0464 e. The highest BCUT2D eigenvalue weighted by molar-refractivity contribution is 5.12. The first-order valence-electron chi connectivity index (χ1n) is 4.19. The molecule has 2 atom stereocenters. The van der Waals surface area contributed by atoms with Crippen molar-refractivity contribution in [2.75, 3.05) is 6.54 Å². The maximum Gasteiger partial charge on any atom is 0.0464 e. The second kappa shape index (κ2) is 2.50. The van der Waals surface area contributed by atoms with Crippen molar-refractivity contribution < 1.29 is 5.21 Å². The van der Waals surface area contributed by atoms with Gasteiger partial charge in [0.2, 0.25) is 0 Å². The number of hydrogen-bond donors (Lipinski definition) is 2. The predicted molar refractivity (Wildman–Crippen MR) is 42.2 cm³/mol. The van der Waals surface area contributed by atoms with E-state index < -0.39 is 0 Å². The molecule has 62 valence electrons. The van der Waals surface area contributed by atoms with Gasteiger partial charge in [-0.3, -0.25) is 10.3 Å². The van der Waals surface area contributed by atoms with Gasteiger partial charge in [-0.05, 0) is 19.4 Å². The third kappa shape index (κ3) is 1.26. The summed E-state index contributed by atoms with van der Waals surface area (Å²) in [6, 6.07) is 1.01. The Morgan fingerprint density at radius 3 is 3.36 bits per heavy atom. The van der Waals surface area contributed by atoms with Crippen molar-refractivity contribution >= 4 is 0 Å². The highest BCUT2D eigenvalue weighted by atomic mass is 16.5. The van der Waals surface area contributed by atoms with E-state index in [2.05, 4.69) is 18.3 Å². The lowest BCUT2D eigenvalue weighted by Gasteiger charge is -2.37. The summed E-state index contributed by atoms with van der Waals surface area (Å²) in [6.07, 6.45) is 4.13. The molecule has 2 rings (SSSR count). The van der Waals surface area contributed by atoms with Gasteiger partial charge in [0.1, 0.15) is 0 Å². The van der Waals surface area contributed by atoms with Gasteiger partial charge < -0.3 is 5.32 Å². The van der Waals surface area contributed by atoms with E-state index in [0.717, 1.165) is 25.1 Å². The van der Waals surface area contributed by atoms with Crippen LogP contribution in [-0.2, 0) is 0 Å². The van der Waals surface area contributed by atoms with Crippen molar-refractivity contribution in [1.29, 1.82) is 0 Å². The third-order valence-corrected chi connectivity index (χ3v) is 2.42. The monoisotopic (exact) mass is 154 g/mol. The average Bonchev–Trinajstić information content (AvgIpc) is 1.97. The van der Waals surface area contributed by atoms with E-state index in [4.69, 9.17) is 0 Å². The zero-order valence-electron chi connectivity index (χ0n) is 6.75. The summed E-state index contributed by atoms with van der Waals surface area (Å²) in [5.74, 6) is 0. The van der Waals surface area contributed by atoms with Gasteiger partial charge in [-0.2, -0.15) is 0 Å². The molecule has 2 bridgehead atoms. The number of nitrogens with one attached hydrogen (secondary N) is 1. The Balaban J connectivity index is 2.19. The summed E-state index contributed by atoms with van der Waals surface area (Å²) >= 11 is 0. The summed E-state index contributed by atoms with van der Waals surface area (Å²) in [5, 5.41) is 14.2. The Bertz CT molecular complexity index is 191. The molecule has 2 unspecified atom stereocenters. The highest BCUT2D eigenvalue weighted by Gasteiger charge is 2.26. The molecular formula is C8H14N2O. The Morgan fingerprint density at radius 2 is 2.55 bits per heavy atom. The molecule has 11 heavy (non-hydrogen) atoms. The van der Waals surface area contributed by atoms with Gasteiger partial charge in [0.05, 0.1) is 0 Å². The molecule has 0 aromatic heterocycles. The molecule has 2 heterocycles. The molecule has 0 amide bonds. The van der Waals surface area contributed by atoms with E-state index in [1.807, 2.05) is 0 Å². The molecule has 0 aromatic rings. The molecule has 2 N–H and O–H groups in total. The zero-order valence-corrected chi connectivity index (χ0v) is 6.75. The molecule has 0 spiro atoms. The van der Waals surface area contributed by atoms with Crippen LogP contribution >= 0.6 is 0 Å². The minimum atomic E-state index is 0.415. The number of nitrogens with zero attached hydrogens (tertiary/aromatic N) is 1. The largest absolute Gasteiger partial charge is 0.308 e. The SMILES string of the molecule is CC1C=C2CC(CCN2O)N1. The second-order valence-corrected chi connectivity index (χ2v) is 3.43. The van der Waals surface area contributed by atoms with Crippen molar-refractivity contribution in [2.24, 2.45) is 0 Å². The quantitative estimate of drug-likeness (QED) is 0.539. The number of piperidine rings is 1. The molecular weight excluding hydrogens is 140 g/mol. The summed E-state index contributed by atoms with van der Waals surface area (Å²) in [6.45, 7) is 2.89. The number of rotatable bonds is 0. The van der Waals surface area contributed by atoms with Gasteiger partial charge >= 0.3 is 0 Å². The van der Waals surface area contributed by atoms with Crippen LogP contribution in [0.4, 0.5) is 0 Å². The van der Waals surface area contributed by atoms with Crippen LogP contribution in [0.2, 0.25) is 0 Å². The van der Waals surface area contributed by atoms with Crippen molar-refractivity contribution in [2.45, 2.75) is 31.8 Å². The molecule has 2 aliphatic rings. The Morgan fingerprint density at radius 1 is 1.73 bits per heavy atom. The van der Waals surface area contributed by atoms with Gasteiger partial charge in [0.15, 0.2) is 0 Å². The van der Waals surface area contributed by atoms with Crippen LogP contribution in [-0.4, -0.2) is 28.9 Å². The Labute approximate surface area is 66.7 Å². The van der Waals surface area contributed by atoms with Gasteiger partial charge in [-0.1, -0.05) is 0 Å². The lowest BCUT2D eigenvalue weighted by Crippen LogP contribution is -2.47. The maximum atomic E-state index is 9.38. The van der Waals surface area contributed by atoms with Gasteiger partial charge in [-0.25, -0.2) is 0 Å². The van der Waals surface area contributed by atoms with Crippen LogP contribution in [0.1, 0.15) is 19.8 Å². The molecule has 2 aliphatic heterocycles. The number of hydroxylamine groups is 2. The van der Waals surface area contributed by atoms with Gasteiger partial charge in [0.25, 0.3) is 0 Å². The first-order valence-corrected chi connectivity index (χ1v) is 4.19. The highest BCUT2D eigenvalue weighted by Crippen LogP contribution is 2.23. The van der Waals surface area contributed by atoms with Crippen molar-refractivity contribution in [3.63, 3.8) is 0 Å². The predicted octanol–water partition coefficient (Wildman–Crippen LogP) is 0.716. The minimum Gasteiger partial charge on any atom is -0.308 e. The molecule has 1 saturated heterocycles. The zero-order chi connectivity index (χ0) is 7.84. The van der Waals surface area contributed by atoms with Crippen LogP contribution in [0.15, 0.2) is 11.8 Å². The van der Waals surface area contributed by atoms with Crippen LogP contribution in [0.3, 0.4) is 0 Å². The van der Waals surface area contributed by atoms with Crippen LogP contribution in [0.25, 0.3) is 0 Å². The number of hydrogen-bond acceptors (Lipinski definition) is 3. The fourth-order valence-corrected chi connectivity index (χ4v) is 1.89. The van der Waals surface area contributed by atoms with E-state index in [1.165, 1.54) is 5.06 Å². The van der Waals surface area contributed by atoms with E-state index in [0.29, 0.717) is 12.1 Å². The topological polar surface area (TPSA) is 35.5 Å². The van der Waals surface area contributed by atoms with Crippen molar-refractivity contribution in [1.82, 2.24) is 10.4 Å². The lowest BCUT2D eigenvalue weighted by atomic mass is 9.97. The Hall–Kier alpha value is -0.540. The molecule has 0 aliphatic carbocycles. The molecule has 3 nitrogen and oxygen atoms in total. The van der Waals surface area contributed by atoms with Crippen LogP contribution in [0, 0.1) is 0 Å². The number of fused-ring (bicyclic) bond motifs is 2. The minimum absolute atomic E-state index is 0.415. The first-order chi connectivity index (χ1) is 5.25. The molecule has 0 saturated carbocycles. The standard InChI is InChI=1S/C8H14N2O/c1-6-4-8-5-7(9-6)2-3-10(8)11/h4,6-7,9,11H,2-3,5H2,1H3. The summed E-state index contributed by atoms with van der Waals surface area (Å²) < 4.78 is 0. The summed E-state index contributed by atoms with van der Waals surface area (Å²) in [7, 11) is 0. The van der Waals surface area contributed by atoms with Gasteiger partial charge in [-0.15, -0.1) is 0 Å². The van der Waals surface area contributed by atoms with Gasteiger partial charge in [0, 0.05) is 30.7 Å². The fourth-order valence-electron chi connectivity index (χ4n) is 1.89. The molecule has 1 fully saturated rings.